The van der Waals surface area contributed by atoms with Crippen LogP contribution in [0.15, 0.2) is 29.1 Å². The number of hydrogen-bond acceptors (Lipinski definition) is 5. The highest BCUT2D eigenvalue weighted by Crippen LogP contribution is 2.32. The number of amides is 3. The number of imide groups is 1. The Balaban J connectivity index is 1.97. The maximum atomic E-state index is 12.6. The predicted molar refractivity (Wildman–Crippen MR) is 93.6 cm³/mol. The topological polar surface area (TPSA) is 123 Å². The van der Waals surface area contributed by atoms with Crippen molar-refractivity contribution in [2.45, 2.75) is 19.3 Å². The highest BCUT2D eigenvalue weighted by molar-refractivity contribution is 6.23. The van der Waals surface area contributed by atoms with Crippen molar-refractivity contribution >= 4 is 23.5 Å². The summed E-state index contributed by atoms with van der Waals surface area (Å²) in [6.07, 6.45) is 0. The number of nitrogens with two attached hydrogens (primary N) is 1. The molecule has 0 aliphatic carbocycles. The maximum absolute atomic E-state index is 12.6. The Morgan fingerprint density at radius 2 is 1.73 bits per heavy atom. The third kappa shape index (κ3) is 2.08. The van der Waals surface area contributed by atoms with E-state index in [0.717, 1.165) is 11.6 Å². The van der Waals surface area contributed by atoms with Gasteiger partial charge < -0.3 is 11.1 Å². The van der Waals surface area contributed by atoms with Gasteiger partial charge in [0, 0.05) is 23.6 Å². The lowest BCUT2D eigenvalue weighted by atomic mass is 9.78. The molecule has 8 heteroatoms. The number of nitrogens with zero attached hydrogens (tertiary/aromatic N) is 1. The van der Waals surface area contributed by atoms with Crippen LogP contribution in [-0.2, 0) is 5.41 Å². The molecule has 0 spiro atoms. The average Bonchev–Trinajstić information content (AvgIpc) is 2.85. The summed E-state index contributed by atoms with van der Waals surface area (Å²) in [5, 5.41) is 4.97. The van der Waals surface area contributed by atoms with Crippen molar-refractivity contribution in [2.75, 3.05) is 12.3 Å². The predicted octanol–water partition coefficient (Wildman–Crippen LogP) is 0.324. The van der Waals surface area contributed by atoms with Crippen LogP contribution < -0.4 is 21.9 Å². The molecule has 4 rings (SSSR count). The van der Waals surface area contributed by atoms with Crippen LogP contribution in [-0.4, -0.2) is 28.8 Å². The van der Waals surface area contributed by atoms with Crippen LogP contribution in [0.25, 0.3) is 5.69 Å². The molecular weight excluding hydrogens is 336 g/mol. The van der Waals surface area contributed by atoms with E-state index >= 15 is 0 Å². The van der Waals surface area contributed by atoms with Gasteiger partial charge in [-0.2, -0.15) is 0 Å². The molecule has 1 aromatic heterocycles. The minimum atomic E-state index is -0.635. The fourth-order valence-corrected chi connectivity index (χ4v) is 3.47. The summed E-state index contributed by atoms with van der Waals surface area (Å²) in [6, 6.07) is 6.06. The van der Waals surface area contributed by atoms with Gasteiger partial charge in [-0.25, -0.2) is 0 Å². The third-order valence-electron chi connectivity index (χ3n) is 4.88. The number of nitrogens with one attached hydrogen (secondary N) is 2. The smallest absolute Gasteiger partial charge is 0.262 e. The summed E-state index contributed by atoms with van der Waals surface area (Å²) >= 11 is 0. The van der Waals surface area contributed by atoms with Crippen LogP contribution in [0.4, 0.5) is 5.82 Å². The Morgan fingerprint density at radius 3 is 2.46 bits per heavy atom. The number of hydrogen-bond donors (Lipinski definition) is 3. The van der Waals surface area contributed by atoms with Crippen LogP contribution in [0.5, 0.6) is 0 Å². The first-order chi connectivity index (χ1) is 12.2. The van der Waals surface area contributed by atoms with Gasteiger partial charge in [-0.1, -0.05) is 13.8 Å². The monoisotopic (exact) mass is 352 g/mol. The van der Waals surface area contributed by atoms with Crippen molar-refractivity contribution in [1.82, 2.24) is 15.2 Å². The van der Waals surface area contributed by atoms with Crippen molar-refractivity contribution in [1.29, 1.82) is 0 Å². The zero-order valence-electron chi connectivity index (χ0n) is 14.2. The minimum Gasteiger partial charge on any atom is -0.384 e. The number of carbonyl (C=O) groups excluding carboxylic acids is 3. The fourth-order valence-electron chi connectivity index (χ4n) is 3.47. The van der Waals surface area contributed by atoms with Crippen LogP contribution in [0.3, 0.4) is 0 Å². The van der Waals surface area contributed by atoms with E-state index in [1.54, 1.807) is 18.2 Å². The van der Waals surface area contributed by atoms with Crippen molar-refractivity contribution in [3.05, 3.63) is 56.9 Å². The van der Waals surface area contributed by atoms with Crippen LogP contribution in [0, 0.1) is 0 Å². The summed E-state index contributed by atoms with van der Waals surface area (Å²) < 4.78 is 1.18. The molecule has 0 unspecified atom stereocenters. The Labute approximate surface area is 148 Å². The molecule has 3 heterocycles. The third-order valence-corrected chi connectivity index (χ3v) is 4.88. The van der Waals surface area contributed by atoms with Crippen molar-refractivity contribution in [3.63, 3.8) is 0 Å². The van der Waals surface area contributed by atoms with Crippen LogP contribution in [0.1, 0.15) is 50.5 Å². The minimum absolute atomic E-state index is 0.00989. The van der Waals surface area contributed by atoms with Crippen molar-refractivity contribution < 1.29 is 14.4 Å². The molecule has 4 N–H and O–H groups in total. The largest absolute Gasteiger partial charge is 0.384 e. The second-order valence-electron chi connectivity index (χ2n) is 7.07. The molecule has 2 aromatic rings. The molecule has 1 aromatic carbocycles. The van der Waals surface area contributed by atoms with E-state index in [0.29, 0.717) is 17.8 Å². The average molecular weight is 352 g/mol. The summed E-state index contributed by atoms with van der Waals surface area (Å²) in [5.41, 5.74) is 6.93. The summed E-state index contributed by atoms with van der Waals surface area (Å²) in [4.78, 5) is 48.4. The summed E-state index contributed by atoms with van der Waals surface area (Å²) in [6.45, 7) is 4.43. The second kappa shape index (κ2) is 5.04. The molecule has 0 bridgehead atoms. The number of pyridine rings is 1. The molecule has 3 amide bonds. The lowest BCUT2D eigenvalue weighted by Gasteiger charge is -2.33. The van der Waals surface area contributed by atoms with E-state index in [4.69, 9.17) is 5.73 Å². The molecule has 2 aliphatic rings. The standard InChI is InChI=1S/C18H16N4O4/c1-18(2)7-20-15(24)9-4-3-8(5-11(9)18)22-12(23)6-10-13(14(22)19)17(26)21-16(10)25/h3-6H,7,19H2,1-2H3,(H,20,24)(H,21,25,26). The van der Waals surface area contributed by atoms with Gasteiger partial charge in [-0.05, 0) is 23.8 Å². The SMILES string of the molecule is CC1(C)CNC(=O)c2ccc(-n3c(N)c4c(cc3=O)C(=O)NC4=O)cc21. The normalized spacial score (nSPS) is 17.4. The van der Waals surface area contributed by atoms with Gasteiger partial charge in [0.25, 0.3) is 23.3 Å². The van der Waals surface area contributed by atoms with Crippen molar-refractivity contribution in [3.8, 4) is 5.69 Å². The molecular formula is C18H16N4O4. The molecule has 132 valence electrons. The number of benzene rings is 1. The molecule has 0 atom stereocenters. The zero-order valence-corrected chi connectivity index (χ0v) is 14.2. The number of aromatic nitrogens is 1. The highest BCUT2D eigenvalue weighted by atomic mass is 16.2. The van der Waals surface area contributed by atoms with E-state index in [9.17, 15) is 19.2 Å². The fraction of sp³-hybridized carbons (Fsp3) is 0.222. The van der Waals surface area contributed by atoms with E-state index < -0.39 is 17.4 Å². The van der Waals surface area contributed by atoms with Gasteiger partial charge in [0.1, 0.15) is 5.82 Å². The van der Waals surface area contributed by atoms with Gasteiger partial charge in [0.05, 0.1) is 16.8 Å². The maximum Gasteiger partial charge on any atom is 0.262 e. The van der Waals surface area contributed by atoms with Gasteiger partial charge in [-0.3, -0.25) is 29.1 Å². The molecule has 0 saturated carbocycles. The van der Waals surface area contributed by atoms with Crippen LogP contribution >= 0.6 is 0 Å². The first kappa shape index (κ1) is 16.1. The van der Waals surface area contributed by atoms with Crippen molar-refractivity contribution in [2.24, 2.45) is 0 Å². The van der Waals surface area contributed by atoms with Gasteiger partial charge >= 0.3 is 0 Å². The summed E-state index contributed by atoms with van der Waals surface area (Å²) in [5.74, 6) is -1.54. The van der Waals surface area contributed by atoms with E-state index in [-0.39, 0.29) is 28.3 Å². The molecule has 0 saturated heterocycles. The highest BCUT2D eigenvalue weighted by Gasteiger charge is 2.34. The molecule has 0 radical (unpaired) electrons. The van der Waals surface area contributed by atoms with E-state index in [1.165, 1.54) is 4.57 Å². The summed E-state index contributed by atoms with van der Waals surface area (Å²) in [7, 11) is 0. The Kier molecular flexibility index (Phi) is 3.12. The Morgan fingerprint density at radius 1 is 1.00 bits per heavy atom. The molecule has 2 aliphatic heterocycles. The second-order valence-corrected chi connectivity index (χ2v) is 7.07. The lowest BCUT2D eigenvalue weighted by Crippen LogP contribution is -2.43. The number of rotatable bonds is 1. The Hall–Kier alpha value is -3.42. The first-order valence-corrected chi connectivity index (χ1v) is 8.05. The molecule has 8 nitrogen and oxygen atoms in total. The van der Waals surface area contributed by atoms with E-state index in [1.807, 2.05) is 13.8 Å². The molecule has 26 heavy (non-hydrogen) atoms. The quantitative estimate of drug-likeness (QED) is 0.638. The Bertz CT molecular complexity index is 1080. The lowest BCUT2D eigenvalue weighted by molar-refractivity contribution is 0.0877. The van der Waals surface area contributed by atoms with Gasteiger partial charge in [0.15, 0.2) is 0 Å². The number of anilines is 1. The number of carbonyl (C=O) groups is 3. The number of nitrogen functional groups attached to an aromatic ring is 1. The van der Waals surface area contributed by atoms with Gasteiger partial charge in [-0.15, -0.1) is 0 Å². The number of fused-ring (bicyclic) bond motifs is 2. The zero-order chi connectivity index (χ0) is 18.8. The van der Waals surface area contributed by atoms with Gasteiger partial charge in [0.2, 0.25) is 0 Å². The first-order valence-electron chi connectivity index (χ1n) is 8.05. The van der Waals surface area contributed by atoms with Crippen LogP contribution in [0.2, 0.25) is 0 Å². The molecule has 0 fully saturated rings. The van der Waals surface area contributed by atoms with E-state index in [2.05, 4.69) is 10.6 Å².